The number of allylic oxidation sites excluding steroid dienone is 1. The molecule has 0 aliphatic heterocycles. The van der Waals surface area contributed by atoms with Gasteiger partial charge in [0.2, 0.25) is 0 Å². The van der Waals surface area contributed by atoms with Crippen molar-refractivity contribution in [3.63, 3.8) is 0 Å². The molecule has 1 rings (SSSR count). The zero-order valence-electron chi connectivity index (χ0n) is 5.73. The van der Waals surface area contributed by atoms with Crippen molar-refractivity contribution in [3.8, 4) is 0 Å². The van der Waals surface area contributed by atoms with Gasteiger partial charge in [-0.05, 0) is 6.42 Å². The molecule has 0 amide bonds. The predicted octanol–water partition coefficient (Wildman–Crippen LogP) is 1.88. The Morgan fingerprint density at radius 1 is 1.60 bits per heavy atom. The molecule has 56 valence electrons. The van der Waals surface area contributed by atoms with Crippen molar-refractivity contribution in [2.75, 3.05) is 0 Å². The Balaban J connectivity index is 0.000000810. The van der Waals surface area contributed by atoms with Crippen molar-refractivity contribution in [1.29, 1.82) is 0 Å². The quantitative estimate of drug-likeness (QED) is 0.615. The first-order valence-electron chi connectivity index (χ1n) is 3.00. The van der Waals surface area contributed by atoms with Gasteiger partial charge in [0.15, 0.2) is 0 Å². The molecular weight excluding hydrogens is 148 g/mol. The van der Waals surface area contributed by atoms with Crippen LogP contribution in [-0.2, 0) is 6.54 Å². The van der Waals surface area contributed by atoms with Gasteiger partial charge in [0.1, 0.15) is 0 Å². The van der Waals surface area contributed by atoms with Gasteiger partial charge in [-0.25, -0.2) is 4.98 Å². The summed E-state index contributed by atoms with van der Waals surface area (Å²) in [4.78, 5) is 3.90. The van der Waals surface area contributed by atoms with E-state index in [2.05, 4.69) is 11.6 Å². The topological polar surface area (TPSA) is 17.8 Å². The van der Waals surface area contributed by atoms with Gasteiger partial charge in [-0.1, -0.05) is 6.08 Å². The summed E-state index contributed by atoms with van der Waals surface area (Å²) in [6.07, 6.45) is 8.45. The van der Waals surface area contributed by atoms with E-state index in [-0.39, 0.29) is 12.4 Å². The average molecular weight is 159 g/mol. The van der Waals surface area contributed by atoms with E-state index in [0.29, 0.717) is 0 Å². The number of halogens is 1. The summed E-state index contributed by atoms with van der Waals surface area (Å²) in [5.41, 5.74) is 0. The highest BCUT2D eigenvalue weighted by atomic mass is 35.5. The summed E-state index contributed by atoms with van der Waals surface area (Å²) in [7, 11) is 0. The van der Waals surface area contributed by atoms with Crippen molar-refractivity contribution in [3.05, 3.63) is 31.4 Å². The standard InChI is InChI=1S/C7H10N2.ClH/c1-2-3-5-9-6-4-8-7-9;/h2,4,6-7H,1,3,5H2;1H. The molecule has 0 spiro atoms. The zero-order chi connectivity index (χ0) is 6.53. The van der Waals surface area contributed by atoms with Crippen LogP contribution >= 0.6 is 12.4 Å². The van der Waals surface area contributed by atoms with Gasteiger partial charge in [-0.3, -0.25) is 0 Å². The Hall–Kier alpha value is -0.760. The third kappa shape index (κ3) is 2.69. The normalized spacial score (nSPS) is 8.40. The van der Waals surface area contributed by atoms with Crippen molar-refractivity contribution in [2.24, 2.45) is 0 Å². The lowest BCUT2D eigenvalue weighted by atomic mass is 10.4. The molecule has 0 aliphatic carbocycles. The second kappa shape index (κ2) is 5.06. The van der Waals surface area contributed by atoms with Crippen LogP contribution in [0.25, 0.3) is 0 Å². The highest BCUT2D eigenvalue weighted by molar-refractivity contribution is 5.85. The molecule has 0 bridgehead atoms. The smallest absolute Gasteiger partial charge is 0.0946 e. The Labute approximate surface area is 67.0 Å². The summed E-state index contributed by atoms with van der Waals surface area (Å²) in [5, 5.41) is 0. The molecule has 0 atom stereocenters. The maximum absolute atomic E-state index is 3.90. The summed E-state index contributed by atoms with van der Waals surface area (Å²) in [6, 6.07) is 0. The Bertz CT molecular complexity index is 170. The summed E-state index contributed by atoms with van der Waals surface area (Å²) >= 11 is 0. The zero-order valence-corrected chi connectivity index (χ0v) is 6.55. The molecule has 0 unspecified atom stereocenters. The van der Waals surface area contributed by atoms with E-state index >= 15 is 0 Å². The molecule has 1 aromatic heterocycles. The molecule has 3 heteroatoms. The van der Waals surface area contributed by atoms with Crippen LogP contribution in [0.2, 0.25) is 0 Å². The van der Waals surface area contributed by atoms with Crippen LogP contribution in [0.4, 0.5) is 0 Å². The maximum atomic E-state index is 3.90. The van der Waals surface area contributed by atoms with Crippen molar-refractivity contribution < 1.29 is 0 Å². The fraction of sp³-hybridized carbons (Fsp3) is 0.286. The molecule has 0 N–H and O–H groups in total. The minimum Gasteiger partial charge on any atom is -0.337 e. The lowest BCUT2D eigenvalue weighted by molar-refractivity contribution is 0.710. The summed E-state index contributed by atoms with van der Waals surface area (Å²) in [6.45, 7) is 4.62. The molecule has 2 nitrogen and oxygen atoms in total. The highest BCUT2D eigenvalue weighted by Crippen LogP contribution is 1.89. The number of aromatic nitrogens is 2. The van der Waals surface area contributed by atoms with E-state index in [4.69, 9.17) is 0 Å². The minimum absolute atomic E-state index is 0. The predicted molar refractivity (Wildman–Crippen MR) is 44.3 cm³/mol. The molecule has 1 aromatic rings. The number of hydrogen-bond acceptors (Lipinski definition) is 1. The van der Waals surface area contributed by atoms with Gasteiger partial charge < -0.3 is 4.57 Å². The third-order valence-corrected chi connectivity index (χ3v) is 1.15. The van der Waals surface area contributed by atoms with E-state index in [1.165, 1.54) is 0 Å². The van der Waals surface area contributed by atoms with E-state index in [0.717, 1.165) is 13.0 Å². The van der Waals surface area contributed by atoms with Crippen LogP contribution in [0.1, 0.15) is 6.42 Å². The average Bonchev–Trinajstić information content (AvgIpc) is 2.34. The molecule has 0 radical (unpaired) electrons. The van der Waals surface area contributed by atoms with Crippen LogP contribution in [0, 0.1) is 0 Å². The highest BCUT2D eigenvalue weighted by Gasteiger charge is 1.83. The summed E-state index contributed by atoms with van der Waals surface area (Å²) < 4.78 is 2.03. The van der Waals surface area contributed by atoms with Gasteiger partial charge >= 0.3 is 0 Å². The second-order valence-corrected chi connectivity index (χ2v) is 1.88. The van der Waals surface area contributed by atoms with Crippen LogP contribution < -0.4 is 0 Å². The molecule has 1 heterocycles. The Kier molecular flexibility index (Phi) is 4.67. The van der Waals surface area contributed by atoms with Gasteiger partial charge in [0.05, 0.1) is 6.33 Å². The van der Waals surface area contributed by atoms with Crippen LogP contribution in [-0.4, -0.2) is 9.55 Å². The summed E-state index contributed by atoms with van der Waals surface area (Å²) in [5.74, 6) is 0. The van der Waals surface area contributed by atoms with Crippen molar-refractivity contribution in [2.45, 2.75) is 13.0 Å². The van der Waals surface area contributed by atoms with Crippen molar-refractivity contribution in [1.82, 2.24) is 9.55 Å². The first kappa shape index (κ1) is 9.24. The number of nitrogens with zero attached hydrogens (tertiary/aromatic N) is 2. The number of hydrogen-bond donors (Lipinski definition) is 0. The number of rotatable bonds is 3. The largest absolute Gasteiger partial charge is 0.337 e. The second-order valence-electron chi connectivity index (χ2n) is 1.88. The first-order chi connectivity index (χ1) is 4.43. The van der Waals surface area contributed by atoms with Crippen LogP contribution in [0.15, 0.2) is 31.4 Å². The molecule has 0 aromatic carbocycles. The fourth-order valence-corrected chi connectivity index (χ4v) is 0.659. The minimum atomic E-state index is 0. The van der Waals surface area contributed by atoms with Gasteiger partial charge in [0.25, 0.3) is 0 Å². The molecular formula is C7H11ClN2. The Morgan fingerprint density at radius 3 is 2.90 bits per heavy atom. The van der Waals surface area contributed by atoms with Gasteiger partial charge in [0, 0.05) is 18.9 Å². The Morgan fingerprint density at radius 2 is 2.40 bits per heavy atom. The SMILES string of the molecule is C=CCCn1ccnc1.Cl. The lowest BCUT2D eigenvalue weighted by Gasteiger charge is -1.94. The van der Waals surface area contributed by atoms with Gasteiger partial charge in [-0.15, -0.1) is 19.0 Å². The van der Waals surface area contributed by atoms with Gasteiger partial charge in [-0.2, -0.15) is 0 Å². The monoisotopic (exact) mass is 158 g/mol. The molecule has 0 saturated carbocycles. The number of imidazole rings is 1. The molecule has 0 fully saturated rings. The van der Waals surface area contributed by atoms with E-state index in [1.807, 2.05) is 23.2 Å². The van der Waals surface area contributed by atoms with E-state index < -0.39 is 0 Å². The van der Waals surface area contributed by atoms with Crippen LogP contribution in [0.3, 0.4) is 0 Å². The molecule has 10 heavy (non-hydrogen) atoms. The van der Waals surface area contributed by atoms with Crippen molar-refractivity contribution >= 4 is 12.4 Å². The molecule has 0 saturated heterocycles. The van der Waals surface area contributed by atoms with Crippen LogP contribution in [0.5, 0.6) is 0 Å². The van der Waals surface area contributed by atoms with E-state index in [1.54, 1.807) is 6.20 Å². The maximum Gasteiger partial charge on any atom is 0.0946 e. The lowest BCUT2D eigenvalue weighted by Crippen LogP contribution is -1.90. The molecule has 0 aliphatic rings. The third-order valence-electron chi connectivity index (χ3n) is 1.15. The first-order valence-corrected chi connectivity index (χ1v) is 3.00. The van der Waals surface area contributed by atoms with E-state index in [9.17, 15) is 0 Å². The number of aryl methyl sites for hydroxylation is 1. The fourth-order valence-electron chi connectivity index (χ4n) is 0.659.